The van der Waals surface area contributed by atoms with E-state index in [0.717, 1.165) is 30.4 Å². The van der Waals surface area contributed by atoms with Gasteiger partial charge in [0.1, 0.15) is 0 Å². The molecule has 0 radical (unpaired) electrons. The Hall–Kier alpha value is -1.02. The maximum absolute atomic E-state index is 8.95. The average molecular weight is 208 g/mol. The fourth-order valence-corrected chi connectivity index (χ4v) is 1.73. The molecule has 0 amide bonds. The molecule has 0 atom stereocenters. The predicted molar refractivity (Wildman–Crippen MR) is 62.4 cm³/mol. The fraction of sp³-hybridized carbons (Fsp3) is 0.538. The van der Waals surface area contributed by atoms with Crippen molar-refractivity contribution >= 4 is 0 Å². The van der Waals surface area contributed by atoms with Crippen molar-refractivity contribution in [3.63, 3.8) is 0 Å². The molecule has 2 nitrogen and oxygen atoms in total. The molecule has 0 unspecified atom stereocenters. The van der Waals surface area contributed by atoms with Crippen molar-refractivity contribution in [2.24, 2.45) is 0 Å². The molecule has 0 heterocycles. The van der Waals surface area contributed by atoms with Crippen LogP contribution < -0.4 is 4.89 Å². The lowest BCUT2D eigenvalue weighted by Crippen LogP contribution is -1.99. The van der Waals surface area contributed by atoms with Crippen molar-refractivity contribution in [1.29, 1.82) is 0 Å². The highest BCUT2D eigenvalue weighted by Gasteiger charge is 2.12. The third-order valence-electron chi connectivity index (χ3n) is 2.64. The van der Waals surface area contributed by atoms with Gasteiger partial charge in [0.2, 0.25) is 0 Å². The van der Waals surface area contributed by atoms with E-state index in [-0.39, 0.29) is 0 Å². The Kier molecular flexibility index (Phi) is 4.63. The van der Waals surface area contributed by atoms with Crippen molar-refractivity contribution in [3.8, 4) is 5.75 Å². The molecule has 84 valence electrons. The molecular weight excluding hydrogens is 188 g/mol. The van der Waals surface area contributed by atoms with Crippen molar-refractivity contribution in [1.82, 2.24) is 0 Å². The second kappa shape index (κ2) is 5.76. The van der Waals surface area contributed by atoms with Gasteiger partial charge in [0, 0.05) is 5.56 Å². The van der Waals surface area contributed by atoms with Gasteiger partial charge in [-0.05, 0) is 24.3 Å². The molecule has 15 heavy (non-hydrogen) atoms. The van der Waals surface area contributed by atoms with Crippen LogP contribution in [-0.4, -0.2) is 5.26 Å². The number of aryl methyl sites for hydroxylation is 1. The fourth-order valence-electron chi connectivity index (χ4n) is 1.73. The quantitative estimate of drug-likeness (QED) is 0.585. The maximum atomic E-state index is 8.95. The van der Waals surface area contributed by atoms with Crippen molar-refractivity contribution in [2.45, 2.75) is 46.0 Å². The average Bonchev–Trinajstić information content (AvgIpc) is 2.25. The topological polar surface area (TPSA) is 29.5 Å². The minimum absolute atomic E-state index is 0.369. The van der Waals surface area contributed by atoms with Crippen LogP contribution in [0.25, 0.3) is 0 Å². The van der Waals surface area contributed by atoms with Crippen molar-refractivity contribution in [2.75, 3.05) is 0 Å². The van der Waals surface area contributed by atoms with Crippen LogP contribution in [0, 0.1) is 0 Å². The third kappa shape index (κ3) is 2.96. The summed E-state index contributed by atoms with van der Waals surface area (Å²) in [6.45, 7) is 6.36. The van der Waals surface area contributed by atoms with E-state index in [1.54, 1.807) is 0 Å². The molecule has 1 aromatic rings. The standard InChI is InChI=1S/C13H20O2/c1-4-5-7-11-8-6-9-12(10(2)3)13(11)15-14/h6,8-10,14H,4-5,7H2,1-3H3. The van der Waals surface area contributed by atoms with E-state index in [0.29, 0.717) is 11.7 Å². The highest BCUT2D eigenvalue weighted by Crippen LogP contribution is 2.30. The SMILES string of the molecule is CCCCc1cccc(C(C)C)c1OO. The molecule has 0 aliphatic rings. The number of benzene rings is 1. The summed E-state index contributed by atoms with van der Waals surface area (Å²) in [6.07, 6.45) is 3.24. The van der Waals surface area contributed by atoms with Gasteiger partial charge >= 0.3 is 0 Å². The second-order valence-corrected chi connectivity index (χ2v) is 4.19. The molecule has 0 spiro atoms. The van der Waals surface area contributed by atoms with Crippen LogP contribution in [0.1, 0.15) is 50.7 Å². The number of hydrogen-bond acceptors (Lipinski definition) is 2. The molecule has 1 rings (SSSR count). The Bertz CT molecular complexity index is 305. The van der Waals surface area contributed by atoms with Gasteiger partial charge < -0.3 is 4.89 Å². The van der Waals surface area contributed by atoms with Crippen molar-refractivity contribution < 1.29 is 10.1 Å². The largest absolute Gasteiger partial charge is 0.340 e. The van der Waals surface area contributed by atoms with Gasteiger partial charge in [-0.25, -0.2) is 5.26 Å². The summed E-state index contributed by atoms with van der Waals surface area (Å²) >= 11 is 0. The molecule has 1 aromatic carbocycles. The smallest absolute Gasteiger partial charge is 0.171 e. The minimum atomic E-state index is 0.369. The summed E-state index contributed by atoms with van der Waals surface area (Å²) < 4.78 is 0. The zero-order valence-electron chi connectivity index (χ0n) is 9.79. The van der Waals surface area contributed by atoms with Crippen LogP contribution in [0.15, 0.2) is 18.2 Å². The Labute approximate surface area is 91.8 Å². The minimum Gasteiger partial charge on any atom is -0.340 e. The Morgan fingerprint density at radius 2 is 2.07 bits per heavy atom. The van der Waals surface area contributed by atoms with Crippen LogP contribution in [0.3, 0.4) is 0 Å². The molecule has 0 bridgehead atoms. The Balaban J connectivity index is 2.99. The molecule has 0 aliphatic heterocycles. The maximum Gasteiger partial charge on any atom is 0.171 e. The van der Waals surface area contributed by atoms with Gasteiger partial charge in [-0.3, -0.25) is 0 Å². The summed E-state index contributed by atoms with van der Waals surface area (Å²) in [5.41, 5.74) is 2.18. The third-order valence-corrected chi connectivity index (χ3v) is 2.64. The highest BCUT2D eigenvalue weighted by atomic mass is 17.1. The first-order valence-electron chi connectivity index (χ1n) is 5.63. The summed E-state index contributed by atoms with van der Waals surface area (Å²) in [5.74, 6) is 1.02. The van der Waals surface area contributed by atoms with E-state index >= 15 is 0 Å². The van der Waals surface area contributed by atoms with Crippen molar-refractivity contribution in [3.05, 3.63) is 29.3 Å². The van der Waals surface area contributed by atoms with E-state index in [9.17, 15) is 0 Å². The first-order valence-corrected chi connectivity index (χ1v) is 5.63. The number of para-hydroxylation sites is 1. The van der Waals surface area contributed by atoms with E-state index in [2.05, 4.69) is 25.7 Å². The number of rotatable bonds is 5. The Morgan fingerprint density at radius 3 is 2.60 bits per heavy atom. The Morgan fingerprint density at radius 1 is 1.33 bits per heavy atom. The van der Waals surface area contributed by atoms with E-state index in [1.807, 2.05) is 18.2 Å². The lowest BCUT2D eigenvalue weighted by atomic mass is 9.97. The summed E-state index contributed by atoms with van der Waals surface area (Å²) in [6, 6.07) is 6.06. The van der Waals surface area contributed by atoms with Crippen LogP contribution >= 0.6 is 0 Å². The van der Waals surface area contributed by atoms with Gasteiger partial charge in [0.05, 0.1) is 0 Å². The van der Waals surface area contributed by atoms with E-state index < -0.39 is 0 Å². The molecule has 2 heteroatoms. The summed E-state index contributed by atoms with van der Waals surface area (Å²) in [7, 11) is 0. The normalized spacial score (nSPS) is 10.7. The number of unbranched alkanes of at least 4 members (excludes halogenated alkanes) is 1. The van der Waals surface area contributed by atoms with Gasteiger partial charge in [-0.2, -0.15) is 0 Å². The van der Waals surface area contributed by atoms with Crippen LogP contribution in [0.5, 0.6) is 5.75 Å². The van der Waals surface area contributed by atoms with Gasteiger partial charge in [-0.15, -0.1) is 0 Å². The first-order chi connectivity index (χ1) is 7.20. The molecule has 0 aliphatic carbocycles. The molecule has 0 fully saturated rings. The zero-order valence-corrected chi connectivity index (χ0v) is 9.79. The lowest BCUT2D eigenvalue weighted by Gasteiger charge is -2.13. The van der Waals surface area contributed by atoms with Crippen LogP contribution in [0.2, 0.25) is 0 Å². The van der Waals surface area contributed by atoms with Gasteiger partial charge in [0.25, 0.3) is 0 Å². The molecule has 0 aromatic heterocycles. The molecular formula is C13H20O2. The van der Waals surface area contributed by atoms with E-state index in [4.69, 9.17) is 5.26 Å². The highest BCUT2D eigenvalue weighted by molar-refractivity contribution is 5.43. The van der Waals surface area contributed by atoms with Gasteiger partial charge in [0.15, 0.2) is 5.75 Å². The monoisotopic (exact) mass is 208 g/mol. The second-order valence-electron chi connectivity index (χ2n) is 4.19. The summed E-state index contributed by atoms with van der Waals surface area (Å²) in [4.78, 5) is 4.53. The molecule has 0 saturated heterocycles. The first kappa shape index (κ1) is 12.1. The molecule has 0 saturated carbocycles. The van der Waals surface area contributed by atoms with Gasteiger partial charge in [-0.1, -0.05) is 45.4 Å². The predicted octanol–water partition coefficient (Wildman–Crippen LogP) is 4.00. The van der Waals surface area contributed by atoms with Crippen LogP contribution in [-0.2, 0) is 6.42 Å². The molecule has 1 N–H and O–H groups in total. The number of hydrogen-bond donors (Lipinski definition) is 1. The summed E-state index contributed by atoms with van der Waals surface area (Å²) in [5, 5.41) is 8.95. The van der Waals surface area contributed by atoms with Crippen LogP contribution in [0.4, 0.5) is 0 Å². The lowest BCUT2D eigenvalue weighted by molar-refractivity contribution is -0.139. The zero-order chi connectivity index (χ0) is 11.3. The van der Waals surface area contributed by atoms with E-state index in [1.165, 1.54) is 0 Å².